The molecule has 1 saturated heterocycles. The molecular weight excluding hydrogens is 250 g/mol. The quantitative estimate of drug-likeness (QED) is 0.793. The largest absolute Gasteiger partial charge is 0.481 e. The molecule has 1 N–H and O–H groups in total. The Kier molecular flexibility index (Phi) is 4.69. The fourth-order valence-electron chi connectivity index (χ4n) is 2.57. The highest BCUT2D eigenvalue weighted by molar-refractivity contribution is 7.99. The molecule has 0 bridgehead atoms. The minimum Gasteiger partial charge on any atom is -0.481 e. The number of amides is 1. The number of hydrogen-bond acceptors (Lipinski definition) is 3. The molecule has 1 heterocycles. The van der Waals surface area contributed by atoms with E-state index >= 15 is 0 Å². The summed E-state index contributed by atoms with van der Waals surface area (Å²) < 4.78 is 0. The van der Waals surface area contributed by atoms with E-state index in [0.717, 1.165) is 30.8 Å². The third-order valence-corrected chi connectivity index (χ3v) is 4.63. The minimum absolute atomic E-state index is 0.0643. The second-order valence-electron chi connectivity index (χ2n) is 4.84. The highest BCUT2D eigenvalue weighted by Gasteiger charge is 2.32. The predicted octanol–water partition coefficient (Wildman–Crippen LogP) is 1.76. The van der Waals surface area contributed by atoms with Crippen molar-refractivity contribution < 1.29 is 14.7 Å². The molecule has 0 spiro atoms. The molecule has 0 aromatic rings. The van der Waals surface area contributed by atoms with E-state index in [1.807, 2.05) is 4.90 Å². The van der Waals surface area contributed by atoms with Gasteiger partial charge in [-0.05, 0) is 19.3 Å². The smallest absolute Gasteiger partial charge is 0.305 e. The zero-order valence-electron chi connectivity index (χ0n) is 10.4. The van der Waals surface area contributed by atoms with Gasteiger partial charge in [0.25, 0.3) is 0 Å². The van der Waals surface area contributed by atoms with Crippen molar-refractivity contribution in [2.45, 2.75) is 31.7 Å². The summed E-state index contributed by atoms with van der Waals surface area (Å²) in [5.74, 6) is 1.08. The van der Waals surface area contributed by atoms with Crippen LogP contribution in [0.2, 0.25) is 0 Å². The van der Waals surface area contributed by atoms with Gasteiger partial charge in [0.2, 0.25) is 5.91 Å². The Morgan fingerprint density at radius 1 is 1.39 bits per heavy atom. The highest BCUT2D eigenvalue weighted by atomic mass is 32.2. The molecule has 2 atom stereocenters. The van der Waals surface area contributed by atoms with Gasteiger partial charge in [-0.2, -0.15) is 11.8 Å². The number of carbonyl (C=O) groups excluding carboxylic acids is 1. The monoisotopic (exact) mass is 269 g/mol. The topological polar surface area (TPSA) is 57.6 Å². The van der Waals surface area contributed by atoms with E-state index in [-0.39, 0.29) is 24.3 Å². The van der Waals surface area contributed by atoms with Gasteiger partial charge in [0, 0.05) is 24.0 Å². The van der Waals surface area contributed by atoms with E-state index in [9.17, 15) is 9.59 Å². The summed E-state index contributed by atoms with van der Waals surface area (Å²) in [5, 5.41) is 8.92. The Labute approximate surface area is 111 Å². The number of nitrogens with zero attached hydrogens (tertiary/aromatic N) is 1. The fourth-order valence-corrected chi connectivity index (χ4v) is 3.63. The summed E-state index contributed by atoms with van der Waals surface area (Å²) in [6.07, 6.45) is 6.92. The van der Waals surface area contributed by atoms with Crippen LogP contribution in [0.25, 0.3) is 0 Å². The maximum absolute atomic E-state index is 12.4. The molecule has 0 radical (unpaired) electrons. The van der Waals surface area contributed by atoms with Crippen LogP contribution in [0, 0.1) is 5.92 Å². The summed E-state index contributed by atoms with van der Waals surface area (Å²) >= 11 is 1.74. The number of aliphatic carboxylic acids is 1. The van der Waals surface area contributed by atoms with Gasteiger partial charge in [0.1, 0.15) is 0 Å². The Bertz CT molecular complexity index is 356. The van der Waals surface area contributed by atoms with E-state index in [0.29, 0.717) is 6.54 Å². The van der Waals surface area contributed by atoms with Crippen molar-refractivity contribution in [1.29, 1.82) is 0 Å². The average Bonchev–Trinajstić information content (AvgIpc) is 2.39. The van der Waals surface area contributed by atoms with Crippen molar-refractivity contribution in [2.75, 3.05) is 18.1 Å². The number of carbonyl (C=O) groups is 2. The van der Waals surface area contributed by atoms with E-state index in [4.69, 9.17) is 5.11 Å². The highest BCUT2D eigenvalue weighted by Crippen LogP contribution is 2.26. The predicted molar refractivity (Wildman–Crippen MR) is 71.6 cm³/mol. The molecule has 2 rings (SSSR count). The molecule has 1 aliphatic carbocycles. The van der Waals surface area contributed by atoms with E-state index in [1.54, 1.807) is 11.8 Å². The van der Waals surface area contributed by atoms with Gasteiger partial charge in [-0.15, -0.1) is 0 Å². The fraction of sp³-hybridized carbons (Fsp3) is 0.692. The molecule has 18 heavy (non-hydrogen) atoms. The molecule has 4 nitrogen and oxygen atoms in total. The van der Waals surface area contributed by atoms with Crippen molar-refractivity contribution in [3.8, 4) is 0 Å². The van der Waals surface area contributed by atoms with Gasteiger partial charge in [-0.1, -0.05) is 12.2 Å². The number of allylic oxidation sites excluding steroid dienone is 2. The summed E-state index contributed by atoms with van der Waals surface area (Å²) in [6.45, 7) is 0.696. The molecule has 1 amide bonds. The lowest BCUT2D eigenvalue weighted by Gasteiger charge is -2.37. The average molecular weight is 269 g/mol. The number of hydrogen-bond donors (Lipinski definition) is 1. The van der Waals surface area contributed by atoms with Crippen LogP contribution in [0.15, 0.2) is 12.2 Å². The van der Waals surface area contributed by atoms with Crippen LogP contribution >= 0.6 is 11.8 Å². The van der Waals surface area contributed by atoms with Crippen LogP contribution in [0.3, 0.4) is 0 Å². The summed E-state index contributed by atoms with van der Waals surface area (Å²) in [4.78, 5) is 25.1. The third kappa shape index (κ3) is 3.28. The Hall–Kier alpha value is -0.970. The summed E-state index contributed by atoms with van der Waals surface area (Å²) in [6, 6.07) is -0.125. The minimum atomic E-state index is -0.816. The lowest BCUT2D eigenvalue weighted by Crippen LogP contribution is -2.49. The zero-order valence-corrected chi connectivity index (χ0v) is 11.2. The van der Waals surface area contributed by atoms with Gasteiger partial charge in [-0.3, -0.25) is 9.59 Å². The van der Waals surface area contributed by atoms with Crippen LogP contribution in [0.4, 0.5) is 0 Å². The van der Waals surface area contributed by atoms with Gasteiger partial charge >= 0.3 is 5.97 Å². The van der Waals surface area contributed by atoms with Crippen molar-refractivity contribution in [3.05, 3.63) is 12.2 Å². The van der Waals surface area contributed by atoms with Gasteiger partial charge in [0.05, 0.1) is 12.5 Å². The maximum Gasteiger partial charge on any atom is 0.305 e. The van der Waals surface area contributed by atoms with E-state index in [2.05, 4.69) is 12.2 Å². The first-order valence-electron chi connectivity index (χ1n) is 6.43. The standard InChI is InChI=1S/C13H19NO3S/c15-12(16)8-11-9-18-7-6-14(11)13(17)10-4-2-1-3-5-10/h1-2,10-11H,3-9H2,(H,15,16). The van der Waals surface area contributed by atoms with E-state index in [1.165, 1.54) is 0 Å². The van der Waals surface area contributed by atoms with Gasteiger partial charge in [-0.25, -0.2) is 0 Å². The molecule has 1 fully saturated rings. The number of carboxylic acid groups (broad SMARTS) is 1. The van der Waals surface area contributed by atoms with Crippen molar-refractivity contribution in [1.82, 2.24) is 4.90 Å². The number of carboxylic acids is 1. The van der Waals surface area contributed by atoms with Crippen molar-refractivity contribution in [2.24, 2.45) is 5.92 Å². The van der Waals surface area contributed by atoms with Gasteiger partial charge in [0.15, 0.2) is 0 Å². The zero-order chi connectivity index (χ0) is 13.0. The molecule has 100 valence electrons. The lowest BCUT2D eigenvalue weighted by molar-refractivity contribution is -0.142. The molecule has 0 aromatic carbocycles. The van der Waals surface area contributed by atoms with Crippen LogP contribution < -0.4 is 0 Å². The Morgan fingerprint density at radius 3 is 2.89 bits per heavy atom. The van der Waals surface area contributed by atoms with E-state index < -0.39 is 5.97 Å². The first-order chi connectivity index (χ1) is 8.68. The molecule has 1 aliphatic heterocycles. The molecular formula is C13H19NO3S. The lowest BCUT2D eigenvalue weighted by atomic mass is 9.92. The molecule has 0 saturated carbocycles. The summed E-state index contributed by atoms with van der Waals surface area (Å²) in [7, 11) is 0. The second kappa shape index (κ2) is 6.27. The number of thioether (sulfide) groups is 1. The SMILES string of the molecule is O=C(O)CC1CSCCN1C(=O)C1CC=CCC1. The number of rotatable bonds is 3. The second-order valence-corrected chi connectivity index (χ2v) is 5.99. The normalized spacial score (nSPS) is 28.1. The molecule has 5 heteroatoms. The third-order valence-electron chi connectivity index (χ3n) is 3.54. The van der Waals surface area contributed by atoms with Crippen molar-refractivity contribution in [3.63, 3.8) is 0 Å². The van der Waals surface area contributed by atoms with Crippen LogP contribution in [0.1, 0.15) is 25.7 Å². The first kappa shape index (κ1) is 13.5. The molecule has 2 aliphatic rings. The maximum atomic E-state index is 12.4. The molecule has 2 unspecified atom stereocenters. The summed E-state index contributed by atoms with van der Waals surface area (Å²) in [5.41, 5.74) is 0. The van der Waals surface area contributed by atoms with Gasteiger partial charge < -0.3 is 10.0 Å². The van der Waals surface area contributed by atoms with Crippen molar-refractivity contribution >= 4 is 23.6 Å². The molecule has 0 aromatic heterocycles. The Balaban J connectivity index is 2.00. The van der Waals surface area contributed by atoms with Crippen LogP contribution in [-0.4, -0.2) is 46.0 Å². The Morgan fingerprint density at radius 2 is 2.22 bits per heavy atom. The van der Waals surface area contributed by atoms with Crippen LogP contribution in [-0.2, 0) is 9.59 Å². The van der Waals surface area contributed by atoms with Crippen LogP contribution in [0.5, 0.6) is 0 Å². The first-order valence-corrected chi connectivity index (χ1v) is 7.59.